The third-order valence-electron chi connectivity index (χ3n) is 5.12. The van der Waals surface area contributed by atoms with Crippen LogP contribution in [0.5, 0.6) is 5.75 Å². The topological polar surface area (TPSA) is 128 Å². The first-order valence-electron chi connectivity index (χ1n) is 9.90. The van der Waals surface area contributed by atoms with Gasteiger partial charge in [-0.1, -0.05) is 12.1 Å². The van der Waals surface area contributed by atoms with Crippen LogP contribution in [0.2, 0.25) is 0 Å². The summed E-state index contributed by atoms with van der Waals surface area (Å²) in [5.74, 6) is -0.940. The molecule has 0 spiro atoms. The zero-order valence-corrected chi connectivity index (χ0v) is 17.1. The number of hydrogen-bond acceptors (Lipinski definition) is 6. The molecule has 2 atom stereocenters. The summed E-state index contributed by atoms with van der Waals surface area (Å²) < 4.78 is 4.75. The van der Waals surface area contributed by atoms with E-state index in [9.17, 15) is 24.6 Å². The third-order valence-corrected chi connectivity index (χ3v) is 5.12. The van der Waals surface area contributed by atoms with E-state index in [4.69, 9.17) is 4.74 Å². The minimum absolute atomic E-state index is 0.0427. The summed E-state index contributed by atoms with van der Waals surface area (Å²) in [6, 6.07) is 11.1. The van der Waals surface area contributed by atoms with E-state index in [1.165, 1.54) is 36.3 Å². The molecule has 0 bridgehead atoms. The molecule has 1 aliphatic rings. The van der Waals surface area contributed by atoms with Gasteiger partial charge in [-0.15, -0.1) is 0 Å². The second-order valence-corrected chi connectivity index (χ2v) is 7.25. The number of phenols is 1. The molecule has 0 radical (unpaired) electrons. The Bertz CT molecular complexity index is 947. The Morgan fingerprint density at radius 1 is 1.10 bits per heavy atom. The lowest BCUT2D eigenvalue weighted by molar-refractivity contribution is 0.0601. The van der Waals surface area contributed by atoms with Gasteiger partial charge in [0.05, 0.1) is 30.5 Å². The minimum atomic E-state index is -0.818. The number of nitrogens with one attached hydrogen (secondary N) is 2. The Labute approximate surface area is 179 Å². The van der Waals surface area contributed by atoms with Crippen molar-refractivity contribution in [2.75, 3.05) is 25.5 Å². The predicted octanol–water partition coefficient (Wildman–Crippen LogP) is 1.97. The van der Waals surface area contributed by atoms with Crippen LogP contribution in [0.25, 0.3) is 0 Å². The molecule has 1 fully saturated rings. The molecule has 164 valence electrons. The fourth-order valence-corrected chi connectivity index (χ4v) is 3.41. The Balaban J connectivity index is 1.70. The van der Waals surface area contributed by atoms with Crippen LogP contribution < -0.4 is 10.6 Å². The normalized spacial score (nSPS) is 18.6. The molecular weight excluding hydrogens is 402 g/mol. The number of urea groups is 1. The van der Waals surface area contributed by atoms with Gasteiger partial charge in [0, 0.05) is 18.7 Å². The molecule has 1 aliphatic heterocycles. The Hall–Kier alpha value is -3.59. The number of aliphatic hydroxyl groups is 1. The molecule has 2 aromatic rings. The van der Waals surface area contributed by atoms with Crippen molar-refractivity contribution in [2.24, 2.45) is 0 Å². The number of phenolic OH excluding ortho intramolecular Hbond substituents is 1. The van der Waals surface area contributed by atoms with E-state index in [0.29, 0.717) is 30.6 Å². The Kier molecular flexibility index (Phi) is 7.09. The molecule has 3 rings (SSSR count). The lowest BCUT2D eigenvalue weighted by atomic mass is 10.1. The highest BCUT2D eigenvalue weighted by atomic mass is 16.5. The van der Waals surface area contributed by atoms with Crippen molar-refractivity contribution < 1.29 is 29.3 Å². The van der Waals surface area contributed by atoms with Crippen LogP contribution in [0.1, 0.15) is 33.6 Å². The number of hydrogen-bond donors (Lipinski definition) is 4. The maximum Gasteiger partial charge on any atom is 0.339 e. The molecule has 2 aromatic carbocycles. The van der Waals surface area contributed by atoms with Crippen molar-refractivity contribution in [1.29, 1.82) is 0 Å². The molecule has 9 heteroatoms. The maximum atomic E-state index is 12.9. The predicted molar refractivity (Wildman–Crippen MR) is 113 cm³/mol. The highest BCUT2D eigenvalue weighted by Gasteiger charge is 2.30. The van der Waals surface area contributed by atoms with Crippen molar-refractivity contribution in [1.82, 2.24) is 10.2 Å². The van der Waals surface area contributed by atoms with Gasteiger partial charge in [0.25, 0.3) is 5.91 Å². The van der Waals surface area contributed by atoms with Crippen molar-refractivity contribution in [3.05, 3.63) is 59.7 Å². The molecule has 0 saturated carbocycles. The number of anilines is 1. The fraction of sp³-hybridized carbons (Fsp3) is 0.318. The number of benzene rings is 2. The van der Waals surface area contributed by atoms with E-state index in [1.54, 1.807) is 24.3 Å². The summed E-state index contributed by atoms with van der Waals surface area (Å²) in [5, 5.41) is 25.3. The largest absolute Gasteiger partial charge is 0.508 e. The zero-order chi connectivity index (χ0) is 22.4. The third kappa shape index (κ3) is 5.52. The number of esters is 1. The summed E-state index contributed by atoms with van der Waals surface area (Å²) >= 11 is 0. The lowest BCUT2D eigenvalue weighted by Gasteiger charge is -2.27. The smallest absolute Gasteiger partial charge is 0.339 e. The fourth-order valence-electron chi connectivity index (χ4n) is 3.41. The SMILES string of the molecule is COC(=O)c1ccccc1NC(=O)N1CCC[C@@H](O)[C@H](NC(=O)c2ccc(O)cc2)C1. The van der Waals surface area contributed by atoms with E-state index in [2.05, 4.69) is 10.6 Å². The molecule has 1 saturated heterocycles. The maximum absolute atomic E-state index is 12.9. The summed E-state index contributed by atoms with van der Waals surface area (Å²) in [7, 11) is 1.26. The number of aromatic hydroxyl groups is 1. The van der Waals surface area contributed by atoms with Crippen LogP contribution in [0.4, 0.5) is 10.5 Å². The highest BCUT2D eigenvalue weighted by molar-refractivity contribution is 6.00. The van der Waals surface area contributed by atoms with E-state index >= 15 is 0 Å². The van der Waals surface area contributed by atoms with Crippen LogP contribution in [0.3, 0.4) is 0 Å². The molecule has 31 heavy (non-hydrogen) atoms. The van der Waals surface area contributed by atoms with Gasteiger partial charge in [0.1, 0.15) is 5.75 Å². The Morgan fingerprint density at radius 2 is 1.81 bits per heavy atom. The molecule has 0 aliphatic carbocycles. The van der Waals surface area contributed by atoms with E-state index in [-0.39, 0.29) is 17.9 Å². The first-order valence-corrected chi connectivity index (χ1v) is 9.90. The number of rotatable bonds is 4. The molecule has 4 N–H and O–H groups in total. The van der Waals surface area contributed by atoms with Gasteiger partial charge >= 0.3 is 12.0 Å². The number of para-hydroxylation sites is 1. The Morgan fingerprint density at radius 3 is 2.52 bits per heavy atom. The van der Waals surface area contributed by atoms with Crippen LogP contribution in [0, 0.1) is 0 Å². The quantitative estimate of drug-likeness (QED) is 0.553. The molecular formula is C22H25N3O6. The first kappa shape index (κ1) is 22.1. The second-order valence-electron chi connectivity index (χ2n) is 7.25. The van der Waals surface area contributed by atoms with Crippen LogP contribution in [-0.2, 0) is 4.74 Å². The van der Waals surface area contributed by atoms with Gasteiger partial charge in [-0.3, -0.25) is 4.79 Å². The number of likely N-dealkylation sites (tertiary alicyclic amines) is 1. The zero-order valence-electron chi connectivity index (χ0n) is 17.1. The summed E-state index contributed by atoms with van der Waals surface area (Å²) in [4.78, 5) is 38.8. The number of aliphatic hydroxyl groups excluding tert-OH is 1. The standard InChI is InChI=1S/C22H25N3O6/c1-31-21(29)16-5-2-3-6-17(16)24-22(30)25-12-4-7-19(27)18(13-25)23-20(28)14-8-10-15(26)11-9-14/h2-3,5-6,8-11,18-19,26-27H,4,7,12-13H2,1H3,(H,23,28)(H,24,30)/t18-,19-/m1/s1. The van der Waals surface area contributed by atoms with Gasteiger partial charge in [-0.25, -0.2) is 9.59 Å². The molecule has 0 unspecified atom stereocenters. The first-order chi connectivity index (χ1) is 14.9. The highest BCUT2D eigenvalue weighted by Crippen LogP contribution is 2.19. The number of nitrogens with zero attached hydrogens (tertiary/aromatic N) is 1. The average Bonchev–Trinajstić information content (AvgIpc) is 2.95. The van der Waals surface area contributed by atoms with Gasteiger partial charge in [0.15, 0.2) is 0 Å². The lowest BCUT2D eigenvalue weighted by Crippen LogP contribution is -2.50. The monoisotopic (exact) mass is 427 g/mol. The van der Waals surface area contributed by atoms with Crippen molar-refractivity contribution in [3.63, 3.8) is 0 Å². The van der Waals surface area contributed by atoms with Crippen LogP contribution >= 0.6 is 0 Å². The van der Waals surface area contributed by atoms with Crippen molar-refractivity contribution >= 4 is 23.6 Å². The van der Waals surface area contributed by atoms with E-state index < -0.39 is 30.1 Å². The number of amides is 3. The number of methoxy groups -OCH3 is 1. The number of ether oxygens (including phenoxy) is 1. The van der Waals surface area contributed by atoms with Gasteiger partial charge < -0.3 is 30.5 Å². The van der Waals surface area contributed by atoms with Crippen molar-refractivity contribution in [3.8, 4) is 5.75 Å². The molecule has 0 aromatic heterocycles. The van der Waals surface area contributed by atoms with Crippen molar-refractivity contribution in [2.45, 2.75) is 25.0 Å². The van der Waals surface area contributed by atoms with Gasteiger partial charge in [-0.2, -0.15) is 0 Å². The van der Waals surface area contributed by atoms with E-state index in [1.807, 2.05) is 0 Å². The molecule has 3 amide bonds. The molecule has 9 nitrogen and oxygen atoms in total. The van der Waals surface area contributed by atoms with E-state index in [0.717, 1.165) is 0 Å². The number of carbonyl (C=O) groups excluding carboxylic acids is 3. The summed E-state index contributed by atoms with van der Waals surface area (Å²) in [5.41, 5.74) is 0.872. The summed E-state index contributed by atoms with van der Waals surface area (Å²) in [6.45, 7) is 0.478. The summed E-state index contributed by atoms with van der Waals surface area (Å²) in [6.07, 6.45) is 0.156. The van der Waals surface area contributed by atoms with Gasteiger partial charge in [0.2, 0.25) is 0 Å². The van der Waals surface area contributed by atoms with Crippen LogP contribution in [0.15, 0.2) is 48.5 Å². The second kappa shape index (κ2) is 9.94. The minimum Gasteiger partial charge on any atom is -0.508 e. The van der Waals surface area contributed by atoms with Crippen LogP contribution in [-0.4, -0.2) is 65.4 Å². The average molecular weight is 427 g/mol. The number of carbonyl (C=O) groups is 3. The van der Waals surface area contributed by atoms with Gasteiger partial charge in [-0.05, 0) is 49.2 Å². The molecule has 1 heterocycles.